The van der Waals surface area contributed by atoms with E-state index in [1.165, 1.54) is 6.07 Å². The quantitative estimate of drug-likeness (QED) is 0.828. The Morgan fingerprint density at radius 2 is 2.31 bits per heavy atom. The smallest absolute Gasteiger partial charge is 0.345 e. The van der Waals surface area contributed by atoms with Crippen molar-refractivity contribution in [1.29, 1.82) is 0 Å². The van der Waals surface area contributed by atoms with E-state index in [-0.39, 0.29) is 10.4 Å². The molecule has 2 aromatic rings. The molecule has 1 aliphatic rings. The lowest BCUT2D eigenvalue weighted by molar-refractivity contribution is 0.0702. The zero-order valence-electron chi connectivity index (χ0n) is 8.19. The maximum Gasteiger partial charge on any atom is 0.345 e. The molecule has 1 fully saturated rings. The summed E-state index contributed by atoms with van der Waals surface area (Å²) in [5.41, 5.74) is -0.240. The predicted octanol–water partition coefficient (Wildman–Crippen LogP) is 1.56. The number of hydrogen-bond donors (Lipinski definition) is 2. The zero-order valence-corrected chi connectivity index (χ0v) is 9.00. The van der Waals surface area contributed by atoms with E-state index in [0.29, 0.717) is 22.0 Å². The molecule has 0 spiro atoms. The van der Waals surface area contributed by atoms with Gasteiger partial charge in [-0.1, -0.05) is 0 Å². The highest BCUT2D eigenvalue weighted by Gasteiger charge is 2.27. The lowest BCUT2D eigenvalue weighted by atomic mass is 10.3. The van der Waals surface area contributed by atoms with Crippen molar-refractivity contribution in [2.45, 2.75) is 18.8 Å². The van der Waals surface area contributed by atoms with Crippen LogP contribution in [-0.4, -0.2) is 21.0 Å². The average Bonchev–Trinajstić information content (AvgIpc) is 2.97. The van der Waals surface area contributed by atoms with Gasteiger partial charge in [0.25, 0.3) is 5.56 Å². The summed E-state index contributed by atoms with van der Waals surface area (Å²) in [7, 11) is 0. The van der Waals surface area contributed by atoms with Crippen LogP contribution >= 0.6 is 11.3 Å². The van der Waals surface area contributed by atoms with Crippen molar-refractivity contribution in [3.63, 3.8) is 0 Å². The van der Waals surface area contributed by atoms with E-state index < -0.39 is 5.97 Å². The number of nitrogens with zero attached hydrogens (tertiary/aromatic N) is 1. The molecule has 0 atom stereocenters. The summed E-state index contributed by atoms with van der Waals surface area (Å²) in [4.78, 5) is 30.2. The van der Waals surface area contributed by atoms with Crippen LogP contribution in [0.1, 0.15) is 34.3 Å². The number of hydrogen-bond acceptors (Lipinski definition) is 4. The number of aromatic nitrogens is 2. The third-order valence-corrected chi connectivity index (χ3v) is 3.61. The fraction of sp³-hybridized carbons (Fsp3) is 0.300. The third-order valence-electron chi connectivity index (χ3n) is 2.60. The molecule has 1 saturated carbocycles. The van der Waals surface area contributed by atoms with Crippen LogP contribution in [-0.2, 0) is 0 Å². The first-order valence-electron chi connectivity index (χ1n) is 4.92. The number of rotatable bonds is 2. The maximum absolute atomic E-state index is 11.7. The first kappa shape index (κ1) is 9.53. The Kier molecular flexibility index (Phi) is 1.88. The van der Waals surface area contributed by atoms with E-state index >= 15 is 0 Å². The molecule has 0 bridgehead atoms. The van der Waals surface area contributed by atoms with E-state index in [0.717, 1.165) is 24.2 Å². The summed E-state index contributed by atoms with van der Waals surface area (Å²) in [6.07, 6.45) is 2.09. The summed E-state index contributed by atoms with van der Waals surface area (Å²) >= 11 is 1.05. The van der Waals surface area contributed by atoms with Crippen LogP contribution in [0.25, 0.3) is 10.2 Å². The maximum atomic E-state index is 11.7. The Hall–Kier alpha value is -1.69. The first-order chi connectivity index (χ1) is 7.65. The number of carboxylic acid groups (broad SMARTS) is 1. The normalized spacial score (nSPS) is 15.5. The number of carboxylic acids is 1. The van der Waals surface area contributed by atoms with Crippen LogP contribution in [0.15, 0.2) is 10.9 Å². The standard InChI is InChI=1S/C10H8N2O3S/c13-8-5-3-6(10(14)15)16-9(5)12-7(11-8)4-1-2-4/h3-4H,1-2H2,(H,14,15)(H,11,12,13). The molecule has 3 rings (SSSR count). The van der Waals surface area contributed by atoms with E-state index in [4.69, 9.17) is 5.11 Å². The lowest BCUT2D eigenvalue weighted by Crippen LogP contribution is -2.09. The molecule has 0 aromatic carbocycles. The fourth-order valence-corrected chi connectivity index (χ4v) is 2.48. The minimum atomic E-state index is -1.02. The fourth-order valence-electron chi connectivity index (χ4n) is 1.60. The van der Waals surface area contributed by atoms with Crippen LogP contribution in [0.5, 0.6) is 0 Å². The van der Waals surface area contributed by atoms with E-state index in [1.54, 1.807) is 0 Å². The summed E-state index contributed by atoms with van der Waals surface area (Å²) in [6, 6.07) is 1.38. The Labute approximate surface area is 93.8 Å². The topological polar surface area (TPSA) is 83.0 Å². The van der Waals surface area contributed by atoms with Gasteiger partial charge in [0.1, 0.15) is 15.5 Å². The first-order valence-corrected chi connectivity index (χ1v) is 5.74. The van der Waals surface area contributed by atoms with Gasteiger partial charge in [0.2, 0.25) is 0 Å². The Bertz CT molecular complexity index is 639. The van der Waals surface area contributed by atoms with E-state index in [9.17, 15) is 9.59 Å². The summed E-state index contributed by atoms with van der Waals surface area (Å²) in [5, 5.41) is 9.21. The molecule has 0 aliphatic heterocycles. The van der Waals surface area contributed by atoms with Crippen molar-refractivity contribution >= 4 is 27.5 Å². The van der Waals surface area contributed by atoms with E-state index in [2.05, 4.69) is 9.97 Å². The highest BCUT2D eigenvalue weighted by molar-refractivity contribution is 7.20. The molecular weight excluding hydrogens is 228 g/mol. The minimum absolute atomic E-state index is 0.154. The third kappa shape index (κ3) is 1.42. The molecule has 16 heavy (non-hydrogen) atoms. The number of H-pyrrole nitrogens is 1. The number of carbonyl (C=O) groups is 1. The van der Waals surface area contributed by atoms with Crippen molar-refractivity contribution in [1.82, 2.24) is 9.97 Å². The Balaban J connectivity index is 2.25. The van der Waals surface area contributed by atoms with Crippen LogP contribution in [0.3, 0.4) is 0 Å². The SMILES string of the molecule is O=C(O)c1cc2c(=O)[nH]c(C3CC3)nc2s1. The summed E-state index contributed by atoms with van der Waals surface area (Å²) < 4.78 is 0. The van der Waals surface area contributed by atoms with Crippen molar-refractivity contribution in [3.8, 4) is 0 Å². The Morgan fingerprint density at radius 1 is 1.56 bits per heavy atom. The van der Waals surface area contributed by atoms with Crippen molar-refractivity contribution in [3.05, 3.63) is 27.1 Å². The van der Waals surface area contributed by atoms with Crippen LogP contribution in [0.2, 0.25) is 0 Å². The van der Waals surface area contributed by atoms with Gasteiger partial charge in [-0.05, 0) is 18.9 Å². The summed E-state index contributed by atoms with van der Waals surface area (Å²) in [5.74, 6) is 0.0270. The molecule has 6 heteroatoms. The highest BCUT2D eigenvalue weighted by atomic mass is 32.1. The molecule has 5 nitrogen and oxygen atoms in total. The van der Waals surface area contributed by atoms with Gasteiger partial charge in [-0.2, -0.15) is 0 Å². The van der Waals surface area contributed by atoms with Gasteiger partial charge < -0.3 is 10.1 Å². The molecule has 82 valence electrons. The molecule has 2 heterocycles. The highest BCUT2D eigenvalue weighted by Crippen LogP contribution is 2.38. The number of nitrogens with one attached hydrogen (secondary N) is 1. The Morgan fingerprint density at radius 3 is 2.94 bits per heavy atom. The van der Waals surface area contributed by atoms with Gasteiger partial charge >= 0.3 is 5.97 Å². The van der Waals surface area contributed by atoms with Crippen molar-refractivity contribution in [2.24, 2.45) is 0 Å². The largest absolute Gasteiger partial charge is 0.477 e. The molecular formula is C10H8N2O3S. The zero-order chi connectivity index (χ0) is 11.3. The second-order valence-corrected chi connectivity index (χ2v) is 4.89. The molecule has 0 radical (unpaired) electrons. The predicted molar refractivity (Wildman–Crippen MR) is 59.2 cm³/mol. The van der Waals surface area contributed by atoms with Crippen LogP contribution < -0.4 is 5.56 Å². The number of fused-ring (bicyclic) bond motifs is 1. The molecule has 0 saturated heterocycles. The van der Waals surface area contributed by atoms with Gasteiger partial charge in [0, 0.05) is 5.92 Å². The number of aromatic amines is 1. The van der Waals surface area contributed by atoms with Crippen LogP contribution in [0, 0.1) is 0 Å². The molecule has 0 unspecified atom stereocenters. The average molecular weight is 236 g/mol. The molecule has 2 aromatic heterocycles. The summed E-state index contributed by atoms with van der Waals surface area (Å²) in [6.45, 7) is 0. The van der Waals surface area contributed by atoms with Gasteiger partial charge in [-0.15, -0.1) is 11.3 Å². The molecule has 1 aliphatic carbocycles. The molecule has 2 N–H and O–H groups in total. The lowest BCUT2D eigenvalue weighted by Gasteiger charge is -1.95. The monoisotopic (exact) mass is 236 g/mol. The van der Waals surface area contributed by atoms with Gasteiger partial charge in [-0.3, -0.25) is 4.79 Å². The van der Waals surface area contributed by atoms with E-state index in [1.807, 2.05) is 0 Å². The van der Waals surface area contributed by atoms with Crippen LogP contribution in [0.4, 0.5) is 0 Å². The minimum Gasteiger partial charge on any atom is -0.477 e. The van der Waals surface area contributed by atoms with Gasteiger partial charge in [0.15, 0.2) is 0 Å². The number of aromatic carboxylic acids is 1. The molecule has 0 amide bonds. The van der Waals surface area contributed by atoms with Crippen molar-refractivity contribution < 1.29 is 9.90 Å². The van der Waals surface area contributed by atoms with Gasteiger partial charge in [-0.25, -0.2) is 9.78 Å². The second-order valence-electron chi connectivity index (χ2n) is 3.86. The van der Waals surface area contributed by atoms with Crippen molar-refractivity contribution in [2.75, 3.05) is 0 Å². The second kappa shape index (κ2) is 3.15. The number of thiophene rings is 1. The van der Waals surface area contributed by atoms with Gasteiger partial charge in [0.05, 0.1) is 5.39 Å².